The molecule has 0 saturated carbocycles. The predicted molar refractivity (Wildman–Crippen MR) is 101 cm³/mol. The highest BCUT2D eigenvalue weighted by Crippen LogP contribution is 2.42. The van der Waals surface area contributed by atoms with Crippen molar-refractivity contribution >= 4 is 0 Å². The van der Waals surface area contributed by atoms with Gasteiger partial charge in [-0.25, -0.2) is 0 Å². The van der Waals surface area contributed by atoms with Crippen LogP contribution in [0.2, 0.25) is 0 Å². The van der Waals surface area contributed by atoms with E-state index >= 15 is 0 Å². The highest BCUT2D eigenvalue weighted by molar-refractivity contribution is 5.78. The van der Waals surface area contributed by atoms with Crippen molar-refractivity contribution in [3.8, 4) is 11.1 Å². The van der Waals surface area contributed by atoms with E-state index in [0.29, 0.717) is 0 Å². The van der Waals surface area contributed by atoms with Crippen molar-refractivity contribution in [2.75, 3.05) is 0 Å². The minimum absolute atomic E-state index is 0.202. The van der Waals surface area contributed by atoms with E-state index in [0.717, 1.165) is 6.42 Å². The predicted octanol–water partition coefficient (Wildman–Crippen LogP) is 6.55. The number of hydrogen-bond acceptors (Lipinski definition) is 0. The zero-order chi connectivity index (χ0) is 17.0. The van der Waals surface area contributed by atoms with Crippen LogP contribution in [-0.2, 0) is 17.3 Å². The zero-order valence-electron chi connectivity index (χ0n) is 15.8. The second-order valence-corrected chi connectivity index (χ2v) is 8.86. The first-order valence-electron chi connectivity index (χ1n) is 8.91. The summed E-state index contributed by atoms with van der Waals surface area (Å²) in [5.74, 6) is 0. The maximum Gasteiger partial charge on any atom is -0.00133 e. The fourth-order valence-corrected chi connectivity index (χ4v) is 3.74. The largest absolute Gasteiger partial charge is 0.0646 e. The van der Waals surface area contributed by atoms with E-state index in [1.54, 1.807) is 0 Å². The summed E-state index contributed by atoms with van der Waals surface area (Å²) in [6, 6.07) is 12.0. The van der Waals surface area contributed by atoms with Gasteiger partial charge >= 0.3 is 0 Å². The summed E-state index contributed by atoms with van der Waals surface area (Å²) in [4.78, 5) is 0. The van der Waals surface area contributed by atoms with Crippen LogP contribution in [0.25, 0.3) is 11.1 Å². The molecule has 1 aliphatic carbocycles. The molecule has 0 amide bonds. The van der Waals surface area contributed by atoms with Crippen molar-refractivity contribution in [2.45, 2.75) is 72.1 Å². The molecule has 0 N–H and O–H groups in total. The SMILES string of the molecule is CCC(C)(C)c1cc2c(cc1C)Cc1ccc(C(C)(C)C)cc1-2. The molecular weight excluding hydrogens is 276 g/mol. The molecule has 0 heterocycles. The summed E-state index contributed by atoms with van der Waals surface area (Å²) in [5.41, 5.74) is 10.7. The molecule has 0 radical (unpaired) electrons. The lowest BCUT2D eigenvalue weighted by atomic mass is 9.78. The Kier molecular flexibility index (Phi) is 3.71. The summed E-state index contributed by atoms with van der Waals surface area (Å²) in [7, 11) is 0. The summed E-state index contributed by atoms with van der Waals surface area (Å²) < 4.78 is 0. The van der Waals surface area contributed by atoms with Gasteiger partial charge in [-0.15, -0.1) is 0 Å². The zero-order valence-corrected chi connectivity index (χ0v) is 15.8. The smallest absolute Gasteiger partial charge is 0.00133 e. The van der Waals surface area contributed by atoms with E-state index in [2.05, 4.69) is 78.8 Å². The summed E-state index contributed by atoms with van der Waals surface area (Å²) in [5, 5.41) is 0. The van der Waals surface area contributed by atoms with Gasteiger partial charge in [-0.3, -0.25) is 0 Å². The molecule has 122 valence electrons. The molecule has 0 saturated heterocycles. The Hall–Kier alpha value is -1.56. The second kappa shape index (κ2) is 5.23. The topological polar surface area (TPSA) is 0 Å². The van der Waals surface area contributed by atoms with Gasteiger partial charge in [0.1, 0.15) is 0 Å². The van der Waals surface area contributed by atoms with Crippen molar-refractivity contribution < 1.29 is 0 Å². The Morgan fingerprint density at radius 3 is 2.13 bits per heavy atom. The molecule has 0 nitrogen and oxygen atoms in total. The average molecular weight is 306 g/mol. The monoisotopic (exact) mass is 306 g/mol. The minimum atomic E-state index is 0.202. The highest BCUT2D eigenvalue weighted by Gasteiger charge is 2.26. The van der Waals surface area contributed by atoms with E-state index in [-0.39, 0.29) is 10.8 Å². The summed E-state index contributed by atoms with van der Waals surface area (Å²) >= 11 is 0. The van der Waals surface area contributed by atoms with Gasteiger partial charge in [0.2, 0.25) is 0 Å². The molecular formula is C23H30. The molecule has 2 aromatic rings. The van der Waals surface area contributed by atoms with Crippen molar-refractivity contribution in [3.63, 3.8) is 0 Å². The average Bonchev–Trinajstić information content (AvgIpc) is 2.81. The quantitative estimate of drug-likeness (QED) is 0.503. The lowest BCUT2D eigenvalue weighted by molar-refractivity contribution is 0.503. The molecule has 0 aliphatic heterocycles. The molecule has 2 aromatic carbocycles. The Labute approximate surface area is 141 Å². The van der Waals surface area contributed by atoms with E-state index in [1.807, 2.05) is 0 Å². The van der Waals surface area contributed by atoms with E-state index in [9.17, 15) is 0 Å². The van der Waals surface area contributed by atoms with Gasteiger partial charge in [0.15, 0.2) is 0 Å². The van der Waals surface area contributed by atoms with Crippen LogP contribution in [0.3, 0.4) is 0 Å². The van der Waals surface area contributed by atoms with Gasteiger partial charge in [-0.1, -0.05) is 71.9 Å². The van der Waals surface area contributed by atoms with Crippen LogP contribution in [0.4, 0.5) is 0 Å². The van der Waals surface area contributed by atoms with Gasteiger partial charge in [-0.2, -0.15) is 0 Å². The van der Waals surface area contributed by atoms with Crippen LogP contribution in [-0.4, -0.2) is 0 Å². The number of fused-ring (bicyclic) bond motifs is 3. The highest BCUT2D eigenvalue weighted by atomic mass is 14.3. The lowest BCUT2D eigenvalue weighted by Gasteiger charge is -2.26. The van der Waals surface area contributed by atoms with E-state index in [1.165, 1.54) is 45.4 Å². The van der Waals surface area contributed by atoms with Gasteiger partial charge in [-0.05, 0) is 69.5 Å². The number of rotatable bonds is 2. The molecule has 0 unspecified atom stereocenters. The van der Waals surface area contributed by atoms with Gasteiger partial charge in [0.25, 0.3) is 0 Å². The molecule has 0 atom stereocenters. The molecule has 0 fully saturated rings. The van der Waals surface area contributed by atoms with E-state index in [4.69, 9.17) is 0 Å². The van der Waals surface area contributed by atoms with Crippen LogP contribution < -0.4 is 0 Å². The number of hydrogen-bond donors (Lipinski definition) is 0. The van der Waals surface area contributed by atoms with E-state index < -0.39 is 0 Å². The fraction of sp³-hybridized carbons (Fsp3) is 0.478. The Balaban J connectivity index is 2.18. The molecule has 1 aliphatic rings. The normalized spacial score (nSPS) is 13.9. The molecule has 0 heteroatoms. The first-order chi connectivity index (χ1) is 10.6. The molecule has 0 spiro atoms. The van der Waals surface area contributed by atoms with Crippen molar-refractivity contribution in [1.29, 1.82) is 0 Å². The Bertz CT molecular complexity index is 754. The van der Waals surface area contributed by atoms with Crippen LogP contribution in [0.1, 0.15) is 75.8 Å². The summed E-state index contributed by atoms with van der Waals surface area (Å²) in [6.07, 6.45) is 2.25. The fourth-order valence-electron chi connectivity index (χ4n) is 3.74. The lowest BCUT2D eigenvalue weighted by Crippen LogP contribution is -2.17. The maximum absolute atomic E-state index is 2.48. The Morgan fingerprint density at radius 1 is 0.870 bits per heavy atom. The maximum atomic E-state index is 2.48. The standard InChI is InChI=1S/C23H30/c1-8-23(6,7)21-14-20-17(11-15(21)2)12-16-9-10-18(13-19(16)20)22(3,4)5/h9-11,13-14H,8,12H2,1-7H3. The number of benzene rings is 2. The van der Waals surface area contributed by atoms with Crippen LogP contribution in [0.5, 0.6) is 0 Å². The van der Waals surface area contributed by atoms with Crippen LogP contribution in [0, 0.1) is 6.92 Å². The van der Waals surface area contributed by atoms with Crippen molar-refractivity contribution in [3.05, 3.63) is 58.1 Å². The first-order valence-corrected chi connectivity index (χ1v) is 8.91. The van der Waals surface area contributed by atoms with Gasteiger partial charge < -0.3 is 0 Å². The number of aryl methyl sites for hydroxylation is 1. The molecule has 23 heavy (non-hydrogen) atoms. The van der Waals surface area contributed by atoms with Gasteiger partial charge in [0.05, 0.1) is 0 Å². The van der Waals surface area contributed by atoms with Crippen LogP contribution >= 0.6 is 0 Å². The van der Waals surface area contributed by atoms with Crippen LogP contribution in [0.15, 0.2) is 30.3 Å². The second-order valence-electron chi connectivity index (χ2n) is 8.86. The summed E-state index contributed by atoms with van der Waals surface area (Å²) in [6.45, 7) is 16.2. The van der Waals surface area contributed by atoms with Crippen molar-refractivity contribution in [2.24, 2.45) is 0 Å². The molecule has 0 bridgehead atoms. The van der Waals surface area contributed by atoms with Crippen molar-refractivity contribution in [1.82, 2.24) is 0 Å². The third-order valence-corrected chi connectivity index (χ3v) is 5.71. The first kappa shape index (κ1) is 16.3. The minimum Gasteiger partial charge on any atom is -0.0646 e. The van der Waals surface area contributed by atoms with Gasteiger partial charge in [0, 0.05) is 0 Å². The molecule has 3 rings (SSSR count). The Morgan fingerprint density at radius 2 is 1.52 bits per heavy atom. The molecule has 0 aromatic heterocycles. The third-order valence-electron chi connectivity index (χ3n) is 5.71. The third kappa shape index (κ3) is 2.73.